The second kappa shape index (κ2) is 11.8. The molecule has 200 valence electrons. The molecule has 2 aromatic heterocycles. The van der Waals surface area contributed by atoms with Gasteiger partial charge in [0.05, 0.1) is 18.1 Å². The zero-order valence-corrected chi connectivity index (χ0v) is 21.5. The molecule has 1 N–H and O–H groups in total. The van der Waals surface area contributed by atoms with Crippen LogP contribution in [0.15, 0.2) is 12.4 Å². The normalized spacial score (nSPS) is 21.9. The van der Waals surface area contributed by atoms with Crippen LogP contribution in [0.1, 0.15) is 49.6 Å². The number of hydrogen-bond donors (Lipinski definition) is 1. The van der Waals surface area contributed by atoms with Crippen LogP contribution in [-0.2, 0) is 24.7 Å². The van der Waals surface area contributed by atoms with Crippen LogP contribution in [0, 0.1) is 5.92 Å². The van der Waals surface area contributed by atoms with Gasteiger partial charge in [0.2, 0.25) is 0 Å². The van der Waals surface area contributed by atoms with Gasteiger partial charge in [-0.05, 0) is 57.9 Å². The Hall–Kier alpha value is -2.34. The number of aromatic nitrogens is 3. The number of carbonyl (C=O) groups is 1. The fourth-order valence-electron chi connectivity index (χ4n) is 4.73. The maximum Gasteiger partial charge on any atom is 0.425 e. The third-order valence-electron chi connectivity index (χ3n) is 6.93. The smallest absolute Gasteiger partial charge is 0.425 e. The standard InChI is InChI=1S/C24H34F3N5O3S/c1-16(24(25,26)27)35-23-30-20-8-11-32(12-9-21(20)36-23)10-7-17-3-5-18(6-4-17)29-22(33)15-34-19-13-28-31(2)14-19/h13-14,16-18H,3-12,15H2,1-2H3,(H,29,33)/t16-,17?,18?/m1/s1. The summed E-state index contributed by atoms with van der Waals surface area (Å²) in [6.07, 6.45) is 3.84. The van der Waals surface area contributed by atoms with E-state index in [4.69, 9.17) is 9.47 Å². The molecular weight excluding hydrogens is 495 g/mol. The first-order valence-electron chi connectivity index (χ1n) is 12.5. The maximum absolute atomic E-state index is 12.8. The average molecular weight is 530 g/mol. The van der Waals surface area contributed by atoms with Crippen molar-refractivity contribution in [1.82, 2.24) is 25.0 Å². The lowest BCUT2D eigenvalue weighted by atomic mass is 9.84. The number of thiazole rings is 1. The molecule has 0 radical (unpaired) electrons. The van der Waals surface area contributed by atoms with E-state index in [1.807, 2.05) is 0 Å². The van der Waals surface area contributed by atoms with Crippen LogP contribution in [0.5, 0.6) is 10.9 Å². The predicted octanol–water partition coefficient (Wildman–Crippen LogP) is 3.75. The number of ether oxygens (including phenoxy) is 2. The quantitative estimate of drug-likeness (QED) is 0.533. The van der Waals surface area contributed by atoms with E-state index < -0.39 is 12.3 Å². The molecule has 1 aliphatic heterocycles. The second-order valence-corrected chi connectivity index (χ2v) is 10.8. The fraction of sp³-hybridized carbons (Fsp3) is 0.708. The monoisotopic (exact) mass is 529 g/mol. The molecule has 1 atom stereocenters. The summed E-state index contributed by atoms with van der Waals surface area (Å²) >= 11 is 1.24. The predicted molar refractivity (Wildman–Crippen MR) is 129 cm³/mol. The van der Waals surface area contributed by atoms with E-state index in [1.54, 1.807) is 24.1 Å². The molecule has 8 nitrogen and oxygen atoms in total. The van der Waals surface area contributed by atoms with Crippen LogP contribution in [0.4, 0.5) is 13.2 Å². The molecule has 0 saturated heterocycles. The highest BCUT2D eigenvalue weighted by molar-refractivity contribution is 7.13. The molecule has 2 aliphatic rings. The van der Waals surface area contributed by atoms with E-state index in [0.717, 1.165) is 82.1 Å². The Bertz CT molecular complexity index is 978. The number of aryl methyl sites for hydroxylation is 1. The van der Waals surface area contributed by atoms with Gasteiger partial charge < -0.3 is 19.7 Å². The number of carbonyl (C=O) groups excluding carboxylic acids is 1. The number of hydrogen-bond acceptors (Lipinski definition) is 7. The van der Waals surface area contributed by atoms with E-state index >= 15 is 0 Å². The summed E-state index contributed by atoms with van der Waals surface area (Å²) in [5.41, 5.74) is 0.871. The lowest BCUT2D eigenvalue weighted by molar-refractivity contribution is -0.189. The highest BCUT2D eigenvalue weighted by atomic mass is 32.1. The van der Waals surface area contributed by atoms with E-state index in [9.17, 15) is 18.0 Å². The molecule has 4 rings (SSSR count). The Labute approximate surface area is 213 Å². The van der Waals surface area contributed by atoms with Crippen molar-refractivity contribution >= 4 is 17.2 Å². The van der Waals surface area contributed by atoms with Crippen molar-refractivity contribution in [3.8, 4) is 10.9 Å². The van der Waals surface area contributed by atoms with Crippen molar-refractivity contribution in [2.24, 2.45) is 13.0 Å². The lowest BCUT2D eigenvalue weighted by Crippen LogP contribution is -2.40. The van der Waals surface area contributed by atoms with Gasteiger partial charge in [0.25, 0.3) is 11.1 Å². The topological polar surface area (TPSA) is 81.5 Å². The molecule has 0 spiro atoms. The highest BCUT2D eigenvalue weighted by Gasteiger charge is 2.39. The number of alkyl halides is 3. The molecule has 2 aromatic rings. The number of fused-ring (bicyclic) bond motifs is 1. The summed E-state index contributed by atoms with van der Waals surface area (Å²) in [6.45, 7) is 3.74. The van der Waals surface area contributed by atoms with Gasteiger partial charge in [-0.2, -0.15) is 18.3 Å². The summed E-state index contributed by atoms with van der Waals surface area (Å²) in [6, 6.07) is 0.197. The zero-order chi connectivity index (χ0) is 25.7. The summed E-state index contributed by atoms with van der Waals surface area (Å²) in [4.78, 5) is 20.0. The van der Waals surface area contributed by atoms with Crippen molar-refractivity contribution < 1.29 is 27.4 Å². The van der Waals surface area contributed by atoms with E-state index in [-0.39, 0.29) is 23.7 Å². The van der Waals surface area contributed by atoms with Gasteiger partial charge in [0.15, 0.2) is 18.5 Å². The number of rotatable bonds is 9. The molecule has 3 heterocycles. The minimum atomic E-state index is -4.39. The molecule has 12 heteroatoms. The third kappa shape index (κ3) is 7.58. The van der Waals surface area contributed by atoms with Gasteiger partial charge in [-0.25, -0.2) is 4.98 Å². The van der Waals surface area contributed by atoms with Crippen molar-refractivity contribution in [3.05, 3.63) is 23.0 Å². The number of nitrogens with one attached hydrogen (secondary N) is 1. The number of amides is 1. The Morgan fingerprint density at radius 1 is 1.25 bits per heavy atom. The van der Waals surface area contributed by atoms with E-state index in [0.29, 0.717) is 11.7 Å². The first kappa shape index (κ1) is 26.7. The Morgan fingerprint density at radius 3 is 2.69 bits per heavy atom. The van der Waals surface area contributed by atoms with Crippen LogP contribution < -0.4 is 14.8 Å². The molecule has 1 aliphatic carbocycles. The molecule has 0 aromatic carbocycles. The second-order valence-electron chi connectivity index (χ2n) is 9.71. The van der Waals surface area contributed by atoms with E-state index in [1.165, 1.54) is 11.3 Å². The summed E-state index contributed by atoms with van der Waals surface area (Å²) in [7, 11) is 1.80. The van der Waals surface area contributed by atoms with Gasteiger partial charge >= 0.3 is 6.18 Å². The van der Waals surface area contributed by atoms with Crippen LogP contribution in [0.2, 0.25) is 0 Å². The molecule has 0 bridgehead atoms. The average Bonchev–Trinajstić information content (AvgIpc) is 3.37. The molecule has 1 saturated carbocycles. The molecule has 0 unspecified atom stereocenters. The molecule has 1 amide bonds. The molecule has 1 fully saturated rings. The zero-order valence-electron chi connectivity index (χ0n) is 20.7. The van der Waals surface area contributed by atoms with Crippen LogP contribution in [-0.4, -0.2) is 70.1 Å². The SMILES string of the molecule is C[C@@H](Oc1nc2c(s1)CCN(CCC1CCC(NC(=O)COc3cnn(C)c3)CC1)CC2)C(F)(F)F. The van der Waals surface area contributed by atoms with Crippen LogP contribution in [0.3, 0.4) is 0 Å². The number of halogens is 3. The summed E-state index contributed by atoms with van der Waals surface area (Å²) in [5, 5.41) is 7.22. The first-order valence-corrected chi connectivity index (χ1v) is 13.3. The largest absolute Gasteiger partial charge is 0.480 e. The Morgan fingerprint density at radius 2 is 2.00 bits per heavy atom. The minimum Gasteiger partial charge on any atom is -0.480 e. The van der Waals surface area contributed by atoms with E-state index in [2.05, 4.69) is 20.3 Å². The van der Waals surface area contributed by atoms with Gasteiger partial charge in [0.1, 0.15) is 0 Å². The third-order valence-corrected chi connectivity index (χ3v) is 7.98. The molecule has 36 heavy (non-hydrogen) atoms. The van der Waals surface area contributed by atoms with Crippen molar-refractivity contribution in [2.45, 2.75) is 70.2 Å². The maximum atomic E-state index is 12.8. The summed E-state index contributed by atoms with van der Waals surface area (Å²) in [5.74, 6) is 1.12. The Kier molecular flexibility index (Phi) is 8.76. The number of nitrogens with zero attached hydrogens (tertiary/aromatic N) is 4. The fourth-order valence-corrected chi connectivity index (χ4v) is 5.75. The van der Waals surface area contributed by atoms with Crippen LogP contribution >= 0.6 is 11.3 Å². The summed E-state index contributed by atoms with van der Waals surface area (Å²) < 4.78 is 50.4. The minimum absolute atomic E-state index is 0.00407. The highest BCUT2D eigenvalue weighted by Crippen LogP contribution is 2.32. The van der Waals surface area contributed by atoms with Crippen molar-refractivity contribution in [3.63, 3.8) is 0 Å². The lowest BCUT2D eigenvalue weighted by Gasteiger charge is -2.30. The van der Waals surface area contributed by atoms with Gasteiger partial charge in [0, 0.05) is 37.5 Å². The first-order chi connectivity index (χ1) is 17.2. The van der Waals surface area contributed by atoms with Gasteiger partial charge in [-0.1, -0.05) is 11.3 Å². The van der Waals surface area contributed by atoms with Crippen molar-refractivity contribution in [1.29, 1.82) is 0 Å². The van der Waals surface area contributed by atoms with Crippen molar-refractivity contribution in [2.75, 3.05) is 26.2 Å². The van der Waals surface area contributed by atoms with Gasteiger partial charge in [-0.15, -0.1) is 0 Å². The van der Waals surface area contributed by atoms with Crippen LogP contribution in [0.25, 0.3) is 0 Å². The molecular formula is C24H34F3N5O3S. The Balaban J connectivity index is 1.12. The van der Waals surface area contributed by atoms with Gasteiger partial charge in [-0.3, -0.25) is 9.48 Å².